The lowest BCUT2D eigenvalue weighted by molar-refractivity contribution is 1.46. The summed E-state index contributed by atoms with van der Waals surface area (Å²) in [6, 6.07) is 12.2. The lowest BCUT2D eigenvalue weighted by Crippen LogP contribution is -1.83. The van der Waals surface area contributed by atoms with Gasteiger partial charge in [0.25, 0.3) is 0 Å². The van der Waals surface area contributed by atoms with Crippen molar-refractivity contribution in [3.05, 3.63) is 58.2 Å². The molecule has 0 spiro atoms. The summed E-state index contributed by atoms with van der Waals surface area (Å²) in [6.07, 6.45) is 1.93. The molecular formula is C15H11Cl2N. The van der Waals surface area contributed by atoms with Gasteiger partial charge in [-0.25, -0.2) is 0 Å². The molecule has 0 bridgehead atoms. The van der Waals surface area contributed by atoms with Crippen LogP contribution < -0.4 is 0 Å². The second kappa shape index (κ2) is 4.34. The highest BCUT2D eigenvalue weighted by Crippen LogP contribution is 2.32. The molecule has 0 aliphatic carbocycles. The monoisotopic (exact) mass is 275 g/mol. The maximum absolute atomic E-state index is 6.18. The average molecular weight is 276 g/mol. The molecule has 3 aromatic rings. The lowest BCUT2D eigenvalue weighted by Gasteiger charge is -2.07. The van der Waals surface area contributed by atoms with Crippen LogP contribution in [0.5, 0.6) is 0 Å². The SMILES string of the molecule is Cc1c(Cl)cc(-c2ccc3[nH]ccc3c2)cc1Cl. The van der Waals surface area contributed by atoms with Crippen molar-refractivity contribution in [2.75, 3.05) is 0 Å². The van der Waals surface area contributed by atoms with E-state index in [4.69, 9.17) is 23.2 Å². The zero-order valence-corrected chi connectivity index (χ0v) is 11.3. The maximum atomic E-state index is 6.18. The minimum Gasteiger partial charge on any atom is -0.361 e. The molecule has 0 saturated heterocycles. The Morgan fingerprint density at radius 3 is 2.33 bits per heavy atom. The third kappa shape index (κ3) is 1.90. The first kappa shape index (κ1) is 11.6. The fraction of sp³-hybridized carbons (Fsp3) is 0.0667. The molecule has 0 amide bonds. The molecule has 0 aliphatic heterocycles. The van der Waals surface area contributed by atoms with Gasteiger partial charge in [-0.15, -0.1) is 0 Å². The van der Waals surface area contributed by atoms with Gasteiger partial charge in [-0.2, -0.15) is 0 Å². The molecule has 0 saturated carbocycles. The van der Waals surface area contributed by atoms with Gasteiger partial charge < -0.3 is 4.98 Å². The topological polar surface area (TPSA) is 15.8 Å². The molecule has 18 heavy (non-hydrogen) atoms. The number of aromatic amines is 1. The largest absolute Gasteiger partial charge is 0.361 e. The fourth-order valence-corrected chi connectivity index (χ4v) is 2.53. The van der Waals surface area contributed by atoms with E-state index in [2.05, 4.69) is 29.2 Å². The molecule has 0 fully saturated rings. The van der Waals surface area contributed by atoms with Gasteiger partial charge in [-0.1, -0.05) is 29.3 Å². The van der Waals surface area contributed by atoms with Crippen LogP contribution in [-0.4, -0.2) is 4.98 Å². The molecule has 1 nitrogen and oxygen atoms in total. The van der Waals surface area contributed by atoms with Crippen LogP contribution >= 0.6 is 23.2 Å². The molecule has 2 aromatic carbocycles. The van der Waals surface area contributed by atoms with E-state index in [1.54, 1.807) is 0 Å². The summed E-state index contributed by atoms with van der Waals surface area (Å²) in [6.45, 7) is 1.92. The Bertz CT molecular complexity index is 705. The lowest BCUT2D eigenvalue weighted by atomic mass is 10.0. The van der Waals surface area contributed by atoms with Gasteiger partial charge in [0.1, 0.15) is 0 Å². The Morgan fingerprint density at radius 1 is 0.889 bits per heavy atom. The molecule has 0 aliphatic rings. The zero-order valence-electron chi connectivity index (χ0n) is 9.80. The fourth-order valence-electron chi connectivity index (χ4n) is 2.04. The summed E-state index contributed by atoms with van der Waals surface area (Å²) in [5.74, 6) is 0. The predicted octanol–water partition coefficient (Wildman–Crippen LogP) is 5.45. The molecule has 0 atom stereocenters. The van der Waals surface area contributed by atoms with Crippen molar-refractivity contribution in [3.8, 4) is 11.1 Å². The number of aromatic nitrogens is 1. The number of rotatable bonds is 1. The third-order valence-corrected chi connectivity index (χ3v) is 3.95. The Labute approximate surface area is 115 Å². The summed E-state index contributed by atoms with van der Waals surface area (Å²) < 4.78 is 0. The first-order valence-corrected chi connectivity index (χ1v) is 6.44. The van der Waals surface area contributed by atoms with Gasteiger partial charge in [0.2, 0.25) is 0 Å². The van der Waals surface area contributed by atoms with E-state index < -0.39 is 0 Å². The van der Waals surface area contributed by atoms with Crippen molar-refractivity contribution in [2.24, 2.45) is 0 Å². The third-order valence-electron chi connectivity index (χ3n) is 3.17. The van der Waals surface area contributed by atoms with Crippen LogP contribution in [0.15, 0.2) is 42.6 Å². The average Bonchev–Trinajstić information content (AvgIpc) is 2.82. The smallest absolute Gasteiger partial charge is 0.0456 e. The number of hydrogen-bond acceptors (Lipinski definition) is 0. The van der Waals surface area contributed by atoms with E-state index >= 15 is 0 Å². The number of fused-ring (bicyclic) bond motifs is 1. The van der Waals surface area contributed by atoms with Crippen molar-refractivity contribution < 1.29 is 0 Å². The highest BCUT2D eigenvalue weighted by molar-refractivity contribution is 6.36. The van der Waals surface area contributed by atoms with Gasteiger partial charge in [0.05, 0.1) is 0 Å². The summed E-state index contributed by atoms with van der Waals surface area (Å²) in [7, 11) is 0. The molecule has 3 rings (SSSR count). The predicted molar refractivity (Wildman–Crippen MR) is 78.5 cm³/mol. The van der Waals surface area contributed by atoms with Crippen LogP contribution in [0, 0.1) is 6.92 Å². The Hall–Kier alpha value is -1.44. The standard InChI is InChI=1S/C15H11Cl2N/c1-9-13(16)7-12(8-14(9)17)10-2-3-15-11(6-10)4-5-18-15/h2-8,18H,1H3. The van der Waals surface area contributed by atoms with Crippen LogP contribution in [0.4, 0.5) is 0 Å². The number of nitrogens with one attached hydrogen (secondary N) is 1. The summed E-state index contributed by atoms with van der Waals surface area (Å²) >= 11 is 12.4. The van der Waals surface area contributed by atoms with Crippen molar-refractivity contribution in [1.82, 2.24) is 4.98 Å². The van der Waals surface area contributed by atoms with Crippen molar-refractivity contribution >= 4 is 34.1 Å². The highest BCUT2D eigenvalue weighted by atomic mass is 35.5. The summed E-state index contributed by atoms with van der Waals surface area (Å²) in [5.41, 5.74) is 4.21. The van der Waals surface area contributed by atoms with Gasteiger partial charge >= 0.3 is 0 Å². The number of H-pyrrole nitrogens is 1. The number of benzene rings is 2. The van der Waals surface area contributed by atoms with Crippen LogP contribution in [-0.2, 0) is 0 Å². The first-order chi connectivity index (χ1) is 8.65. The minimum absolute atomic E-state index is 0.701. The molecule has 90 valence electrons. The van der Waals surface area contributed by atoms with Gasteiger partial charge in [-0.3, -0.25) is 0 Å². The van der Waals surface area contributed by atoms with Crippen LogP contribution in [0.2, 0.25) is 10.0 Å². The van der Waals surface area contributed by atoms with Crippen molar-refractivity contribution in [1.29, 1.82) is 0 Å². The molecule has 3 heteroatoms. The number of hydrogen-bond donors (Lipinski definition) is 1. The Morgan fingerprint density at radius 2 is 1.61 bits per heavy atom. The summed E-state index contributed by atoms with van der Waals surface area (Å²) in [5, 5.41) is 2.58. The second-order valence-electron chi connectivity index (χ2n) is 4.34. The Balaban J connectivity index is 2.19. The van der Waals surface area contributed by atoms with Crippen LogP contribution in [0.3, 0.4) is 0 Å². The van der Waals surface area contributed by atoms with Crippen molar-refractivity contribution in [3.63, 3.8) is 0 Å². The first-order valence-electron chi connectivity index (χ1n) is 5.68. The molecule has 0 radical (unpaired) electrons. The molecular weight excluding hydrogens is 265 g/mol. The highest BCUT2D eigenvalue weighted by Gasteiger charge is 2.06. The van der Waals surface area contributed by atoms with Crippen LogP contribution in [0.25, 0.3) is 22.0 Å². The maximum Gasteiger partial charge on any atom is 0.0456 e. The van der Waals surface area contributed by atoms with Crippen LogP contribution in [0.1, 0.15) is 5.56 Å². The minimum atomic E-state index is 0.701. The number of halogens is 2. The molecule has 1 N–H and O–H groups in total. The molecule has 1 aromatic heterocycles. The van der Waals surface area contributed by atoms with E-state index in [9.17, 15) is 0 Å². The van der Waals surface area contributed by atoms with E-state index in [-0.39, 0.29) is 0 Å². The van der Waals surface area contributed by atoms with E-state index in [1.807, 2.05) is 25.3 Å². The Kier molecular flexibility index (Phi) is 2.81. The van der Waals surface area contributed by atoms with E-state index in [0.29, 0.717) is 10.0 Å². The normalized spacial score (nSPS) is 11.1. The molecule has 0 unspecified atom stereocenters. The summed E-state index contributed by atoms with van der Waals surface area (Å²) in [4.78, 5) is 3.18. The zero-order chi connectivity index (χ0) is 12.7. The van der Waals surface area contributed by atoms with E-state index in [1.165, 1.54) is 5.39 Å². The van der Waals surface area contributed by atoms with Gasteiger partial charge in [0.15, 0.2) is 0 Å². The quantitative estimate of drug-likeness (QED) is 0.608. The van der Waals surface area contributed by atoms with Gasteiger partial charge in [-0.05, 0) is 59.3 Å². The van der Waals surface area contributed by atoms with Gasteiger partial charge in [0, 0.05) is 21.8 Å². The van der Waals surface area contributed by atoms with Crippen molar-refractivity contribution in [2.45, 2.75) is 6.92 Å². The second-order valence-corrected chi connectivity index (χ2v) is 5.16. The van der Waals surface area contributed by atoms with E-state index in [0.717, 1.165) is 22.2 Å². The molecule has 1 heterocycles.